The predicted octanol–water partition coefficient (Wildman–Crippen LogP) is 1.39. The van der Waals surface area contributed by atoms with Crippen LogP contribution in [0.1, 0.15) is 11.7 Å². The van der Waals surface area contributed by atoms with E-state index in [4.69, 9.17) is 5.73 Å². The quantitative estimate of drug-likeness (QED) is 0.630. The van der Waals surface area contributed by atoms with Crippen LogP contribution in [0.4, 0.5) is 5.95 Å². The second-order valence-electron chi connectivity index (χ2n) is 5.20. The van der Waals surface area contributed by atoms with E-state index in [1.165, 1.54) is 0 Å². The molecule has 1 aliphatic rings. The first-order valence-corrected chi connectivity index (χ1v) is 7.04. The molecule has 4 rings (SSSR count). The molecule has 0 spiro atoms. The van der Waals surface area contributed by atoms with Crippen molar-refractivity contribution < 1.29 is 5.11 Å². The zero-order valence-electron chi connectivity index (χ0n) is 12.0. The lowest BCUT2D eigenvalue weighted by molar-refractivity contribution is 0.455. The number of aromatic hydroxyl groups is 1. The summed E-state index contributed by atoms with van der Waals surface area (Å²) in [5.41, 5.74) is 6.72. The zero-order chi connectivity index (χ0) is 16.0. The molecule has 114 valence electrons. The average molecular weight is 307 g/mol. The highest BCUT2D eigenvalue weighted by molar-refractivity contribution is 5.93. The van der Waals surface area contributed by atoms with Gasteiger partial charge in [0, 0.05) is 5.56 Å². The number of nitrogens with two attached hydrogens (primary N) is 1. The van der Waals surface area contributed by atoms with Gasteiger partial charge >= 0.3 is 0 Å². The van der Waals surface area contributed by atoms with E-state index in [0.717, 1.165) is 0 Å². The molecular formula is C16H13N5O2. The molecule has 0 saturated heterocycles. The maximum Gasteiger partial charge on any atom is 0.282 e. The van der Waals surface area contributed by atoms with Crippen molar-refractivity contribution in [2.45, 2.75) is 6.17 Å². The van der Waals surface area contributed by atoms with Crippen LogP contribution in [-0.2, 0) is 0 Å². The van der Waals surface area contributed by atoms with E-state index in [9.17, 15) is 9.90 Å². The Morgan fingerprint density at radius 3 is 2.70 bits per heavy atom. The first kappa shape index (κ1) is 13.3. The second kappa shape index (κ2) is 4.84. The van der Waals surface area contributed by atoms with Crippen LogP contribution < -0.4 is 16.6 Å². The number of anilines is 1. The van der Waals surface area contributed by atoms with Crippen molar-refractivity contribution in [1.29, 1.82) is 0 Å². The van der Waals surface area contributed by atoms with Crippen LogP contribution in [-0.4, -0.2) is 20.6 Å². The molecule has 1 aromatic heterocycles. The third kappa shape index (κ3) is 2.02. The van der Waals surface area contributed by atoms with Gasteiger partial charge in [-0.15, -0.1) is 0 Å². The fraction of sp³-hybridized carbons (Fsp3) is 0.0625. The summed E-state index contributed by atoms with van der Waals surface area (Å²) >= 11 is 0. The lowest BCUT2D eigenvalue weighted by Gasteiger charge is -2.27. The molecule has 2 heterocycles. The second-order valence-corrected chi connectivity index (χ2v) is 5.20. The van der Waals surface area contributed by atoms with Gasteiger partial charge in [-0.25, -0.2) is 4.99 Å². The molecule has 1 unspecified atom stereocenters. The highest BCUT2D eigenvalue weighted by atomic mass is 16.3. The maximum atomic E-state index is 12.2. The number of hydrogen-bond donors (Lipinski definition) is 3. The van der Waals surface area contributed by atoms with E-state index < -0.39 is 6.17 Å². The summed E-state index contributed by atoms with van der Waals surface area (Å²) in [5, 5.41) is 13.5. The smallest absolute Gasteiger partial charge is 0.282 e. The van der Waals surface area contributed by atoms with Gasteiger partial charge in [-0.05, 0) is 18.2 Å². The van der Waals surface area contributed by atoms with Gasteiger partial charge in [0.15, 0.2) is 12.1 Å². The largest absolute Gasteiger partial charge is 0.508 e. The number of phenolic OH excluding ortho intramolecular Hbond substituents is 1. The van der Waals surface area contributed by atoms with Crippen LogP contribution >= 0.6 is 0 Å². The minimum atomic E-state index is -0.606. The number of fused-ring (bicyclic) bond motifs is 3. The Hall–Kier alpha value is -3.35. The van der Waals surface area contributed by atoms with Crippen LogP contribution in [0, 0.1) is 0 Å². The topological polar surface area (TPSA) is 106 Å². The molecule has 0 amide bonds. The zero-order valence-corrected chi connectivity index (χ0v) is 12.0. The highest BCUT2D eigenvalue weighted by Gasteiger charge is 2.26. The van der Waals surface area contributed by atoms with Crippen LogP contribution in [0.3, 0.4) is 0 Å². The molecule has 7 nitrogen and oxygen atoms in total. The lowest BCUT2D eigenvalue weighted by Crippen LogP contribution is -2.34. The van der Waals surface area contributed by atoms with Gasteiger partial charge in [-0.1, -0.05) is 30.3 Å². The van der Waals surface area contributed by atoms with Gasteiger partial charge in [0.25, 0.3) is 5.56 Å². The SMILES string of the molecule is NC1=NC(c2ccccc2O)n2c(nc(=O)c3ccccc32)N1. The van der Waals surface area contributed by atoms with Gasteiger partial charge < -0.3 is 10.8 Å². The highest BCUT2D eigenvalue weighted by Crippen LogP contribution is 2.33. The van der Waals surface area contributed by atoms with Crippen LogP contribution in [0.15, 0.2) is 58.3 Å². The molecule has 0 saturated carbocycles. The Bertz CT molecular complexity index is 1010. The number of rotatable bonds is 1. The van der Waals surface area contributed by atoms with E-state index in [1.807, 2.05) is 12.1 Å². The normalized spacial score (nSPS) is 16.5. The summed E-state index contributed by atoms with van der Waals surface area (Å²) in [6.07, 6.45) is -0.606. The molecule has 7 heteroatoms. The number of aliphatic imine (C=N–C) groups is 1. The van der Waals surface area contributed by atoms with Crippen LogP contribution in [0.25, 0.3) is 10.9 Å². The summed E-state index contributed by atoms with van der Waals surface area (Å²) in [7, 11) is 0. The van der Waals surface area contributed by atoms with E-state index in [2.05, 4.69) is 15.3 Å². The van der Waals surface area contributed by atoms with E-state index in [-0.39, 0.29) is 17.3 Å². The minimum Gasteiger partial charge on any atom is -0.508 e. The van der Waals surface area contributed by atoms with E-state index in [1.54, 1.807) is 41.0 Å². The van der Waals surface area contributed by atoms with E-state index >= 15 is 0 Å². The fourth-order valence-corrected chi connectivity index (χ4v) is 2.78. The maximum absolute atomic E-state index is 12.2. The Labute approximate surface area is 130 Å². The van der Waals surface area contributed by atoms with Gasteiger partial charge in [0.2, 0.25) is 5.95 Å². The summed E-state index contributed by atoms with van der Waals surface area (Å²) in [6, 6.07) is 14.0. The third-order valence-corrected chi connectivity index (χ3v) is 3.79. The van der Waals surface area contributed by atoms with Gasteiger partial charge in [0.1, 0.15) is 5.75 Å². The molecule has 0 radical (unpaired) electrons. The van der Waals surface area contributed by atoms with Crippen molar-refractivity contribution in [2.75, 3.05) is 5.32 Å². The van der Waals surface area contributed by atoms with Gasteiger partial charge in [-0.3, -0.25) is 14.7 Å². The molecule has 1 aliphatic heterocycles. The Balaban J connectivity index is 2.08. The van der Waals surface area contributed by atoms with Crippen LogP contribution in [0.5, 0.6) is 5.75 Å². The molecule has 2 aromatic carbocycles. The lowest BCUT2D eigenvalue weighted by atomic mass is 10.1. The van der Waals surface area contributed by atoms with Gasteiger partial charge in [0.05, 0.1) is 10.9 Å². The molecule has 3 aromatic rings. The summed E-state index contributed by atoms with van der Waals surface area (Å²) in [6.45, 7) is 0. The van der Waals surface area contributed by atoms with Crippen LogP contribution in [0.2, 0.25) is 0 Å². The minimum absolute atomic E-state index is 0.102. The monoisotopic (exact) mass is 307 g/mol. The fourth-order valence-electron chi connectivity index (χ4n) is 2.78. The van der Waals surface area contributed by atoms with Gasteiger partial charge in [-0.2, -0.15) is 4.98 Å². The predicted molar refractivity (Wildman–Crippen MR) is 87.5 cm³/mol. The van der Waals surface area contributed by atoms with E-state index in [0.29, 0.717) is 22.4 Å². The average Bonchev–Trinajstić information content (AvgIpc) is 2.54. The molecule has 1 atom stereocenters. The summed E-state index contributed by atoms with van der Waals surface area (Å²) in [5.74, 6) is 0.541. The Morgan fingerprint density at radius 2 is 1.87 bits per heavy atom. The number of nitrogens with one attached hydrogen (secondary N) is 1. The number of guanidine groups is 1. The number of aromatic nitrogens is 2. The van der Waals surface area contributed by atoms with Crippen molar-refractivity contribution in [1.82, 2.24) is 9.55 Å². The number of para-hydroxylation sites is 2. The Morgan fingerprint density at radius 1 is 1.13 bits per heavy atom. The van der Waals surface area contributed by atoms with Crippen molar-refractivity contribution in [3.8, 4) is 5.75 Å². The molecule has 4 N–H and O–H groups in total. The number of phenols is 1. The number of benzene rings is 2. The molecular weight excluding hydrogens is 294 g/mol. The van der Waals surface area contributed by atoms with Crippen molar-refractivity contribution in [3.63, 3.8) is 0 Å². The first-order chi connectivity index (χ1) is 11.1. The Kier molecular flexibility index (Phi) is 2.80. The standard InChI is InChI=1S/C16H13N5O2/c17-15-18-13(10-6-2-4-8-12(10)22)21-11-7-3-1-5-9(11)14(23)19-16(21)20-15/h1-8,13,22H,(H3,17,18,19,20,23). The van der Waals surface area contributed by atoms with Crippen molar-refractivity contribution in [2.24, 2.45) is 10.7 Å². The molecule has 23 heavy (non-hydrogen) atoms. The third-order valence-electron chi connectivity index (χ3n) is 3.79. The molecule has 0 aliphatic carbocycles. The molecule has 0 fully saturated rings. The number of nitrogens with zero attached hydrogens (tertiary/aromatic N) is 3. The van der Waals surface area contributed by atoms with Crippen molar-refractivity contribution in [3.05, 3.63) is 64.4 Å². The first-order valence-electron chi connectivity index (χ1n) is 7.04. The summed E-state index contributed by atoms with van der Waals surface area (Å²) < 4.78 is 1.75. The number of hydrogen-bond acceptors (Lipinski definition) is 6. The summed E-state index contributed by atoms with van der Waals surface area (Å²) in [4.78, 5) is 20.6. The van der Waals surface area contributed by atoms with Crippen molar-refractivity contribution >= 4 is 22.8 Å². The molecule has 0 bridgehead atoms.